The standard InChI is InChI=1S/C23H20N2O4S/c1-27-18-13-15(14-19(28-2)23(18)29-3)17(26)10-9-16-22(20-7-6-12-30-20)24-21-8-4-5-11-25(16)21/h4-14H,1-3H3/b10-9+. The van der Waals surface area contributed by atoms with Crippen molar-refractivity contribution in [3.8, 4) is 27.8 Å². The predicted octanol–water partition coefficient (Wildman–Crippen LogP) is 4.98. The maximum Gasteiger partial charge on any atom is 0.203 e. The number of ether oxygens (including phenoxy) is 3. The van der Waals surface area contributed by atoms with Crippen LogP contribution in [0.15, 0.2) is 60.1 Å². The summed E-state index contributed by atoms with van der Waals surface area (Å²) in [4.78, 5) is 18.7. The monoisotopic (exact) mass is 420 g/mol. The molecule has 0 N–H and O–H groups in total. The zero-order chi connectivity index (χ0) is 21.1. The van der Waals surface area contributed by atoms with Crippen LogP contribution in [0.4, 0.5) is 0 Å². The third-order valence-electron chi connectivity index (χ3n) is 4.66. The van der Waals surface area contributed by atoms with E-state index in [1.807, 2.05) is 46.3 Å². The molecule has 3 aromatic heterocycles. The lowest BCUT2D eigenvalue weighted by molar-refractivity contribution is 0.104. The molecular weight excluding hydrogens is 400 g/mol. The van der Waals surface area contributed by atoms with Crippen molar-refractivity contribution >= 4 is 28.8 Å². The molecule has 3 heterocycles. The predicted molar refractivity (Wildman–Crippen MR) is 118 cm³/mol. The van der Waals surface area contributed by atoms with E-state index in [0.717, 1.165) is 21.9 Å². The Morgan fingerprint density at radius 2 is 1.80 bits per heavy atom. The van der Waals surface area contributed by atoms with Gasteiger partial charge in [0.2, 0.25) is 5.75 Å². The first-order chi connectivity index (χ1) is 14.7. The molecule has 0 atom stereocenters. The highest BCUT2D eigenvalue weighted by molar-refractivity contribution is 7.13. The van der Waals surface area contributed by atoms with E-state index >= 15 is 0 Å². The highest BCUT2D eigenvalue weighted by Crippen LogP contribution is 2.38. The van der Waals surface area contributed by atoms with Crippen LogP contribution in [0, 0.1) is 0 Å². The molecule has 0 unspecified atom stereocenters. The Bertz CT molecular complexity index is 1200. The topological polar surface area (TPSA) is 62.1 Å². The number of rotatable bonds is 7. The fourth-order valence-corrected chi connectivity index (χ4v) is 3.97. The van der Waals surface area contributed by atoms with E-state index < -0.39 is 0 Å². The maximum absolute atomic E-state index is 12.9. The van der Waals surface area contributed by atoms with Crippen LogP contribution in [0.3, 0.4) is 0 Å². The Balaban J connectivity index is 1.75. The smallest absolute Gasteiger partial charge is 0.203 e. The molecule has 0 spiro atoms. The first-order valence-electron chi connectivity index (χ1n) is 9.19. The van der Waals surface area contributed by atoms with Gasteiger partial charge in [-0.2, -0.15) is 0 Å². The SMILES string of the molecule is COc1cc(C(=O)/C=C/c2c(-c3cccs3)nc3ccccn23)cc(OC)c1OC. The number of benzene rings is 1. The van der Waals surface area contributed by atoms with E-state index in [0.29, 0.717) is 22.8 Å². The normalized spacial score (nSPS) is 11.2. The molecule has 0 radical (unpaired) electrons. The van der Waals surface area contributed by atoms with E-state index in [1.165, 1.54) is 27.4 Å². The molecule has 152 valence electrons. The number of hydrogen-bond donors (Lipinski definition) is 0. The van der Waals surface area contributed by atoms with Gasteiger partial charge in [-0.1, -0.05) is 12.1 Å². The van der Waals surface area contributed by atoms with Crippen molar-refractivity contribution in [3.05, 3.63) is 71.4 Å². The molecule has 1 aromatic carbocycles. The number of ketones is 1. The summed E-state index contributed by atoms with van der Waals surface area (Å²) in [5.41, 5.74) is 2.94. The molecule has 0 bridgehead atoms. The molecule has 0 saturated heterocycles. The molecule has 6 nitrogen and oxygen atoms in total. The summed E-state index contributed by atoms with van der Waals surface area (Å²) < 4.78 is 18.0. The second-order valence-electron chi connectivity index (χ2n) is 6.36. The van der Waals surface area contributed by atoms with Crippen molar-refractivity contribution in [2.45, 2.75) is 0 Å². The van der Waals surface area contributed by atoms with Gasteiger partial charge in [-0.15, -0.1) is 11.3 Å². The van der Waals surface area contributed by atoms with Gasteiger partial charge in [-0.3, -0.25) is 9.20 Å². The number of imidazole rings is 1. The zero-order valence-electron chi connectivity index (χ0n) is 16.8. The second kappa shape index (κ2) is 8.42. The first-order valence-corrected chi connectivity index (χ1v) is 10.1. The summed E-state index contributed by atoms with van der Waals surface area (Å²) in [5, 5.41) is 2.01. The van der Waals surface area contributed by atoms with Crippen LogP contribution in [0.25, 0.3) is 22.3 Å². The number of fused-ring (bicyclic) bond motifs is 1. The van der Waals surface area contributed by atoms with Crippen molar-refractivity contribution in [1.82, 2.24) is 9.38 Å². The van der Waals surface area contributed by atoms with Gasteiger partial charge in [0.05, 0.1) is 31.9 Å². The van der Waals surface area contributed by atoms with Crippen LogP contribution in [0.2, 0.25) is 0 Å². The average Bonchev–Trinajstić information content (AvgIpc) is 3.44. The minimum atomic E-state index is -0.183. The van der Waals surface area contributed by atoms with Crippen molar-refractivity contribution in [3.63, 3.8) is 0 Å². The van der Waals surface area contributed by atoms with Crippen LogP contribution >= 0.6 is 11.3 Å². The highest BCUT2D eigenvalue weighted by Gasteiger charge is 2.17. The molecule has 7 heteroatoms. The lowest BCUT2D eigenvalue weighted by Gasteiger charge is -2.13. The molecule has 4 rings (SSSR count). The number of carbonyl (C=O) groups excluding carboxylic acids is 1. The number of methoxy groups -OCH3 is 3. The molecule has 30 heavy (non-hydrogen) atoms. The van der Waals surface area contributed by atoms with Gasteiger partial charge >= 0.3 is 0 Å². The van der Waals surface area contributed by atoms with Gasteiger partial charge < -0.3 is 14.2 Å². The molecule has 0 aliphatic rings. The minimum absolute atomic E-state index is 0.183. The third-order valence-corrected chi connectivity index (χ3v) is 5.54. The lowest BCUT2D eigenvalue weighted by Crippen LogP contribution is -2.00. The van der Waals surface area contributed by atoms with Gasteiger partial charge in [0.1, 0.15) is 11.3 Å². The van der Waals surface area contributed by atoms with Crippen molar-refractivity contribution in [1.29, 1.82) is 0 Å². The van der Waals surface area contributed by atoms with Crippen LogP contribution in [0.1, 0.15) is 16.1 Å². The van der Waals surface area contributed by atoms with Crippen LogP contribution in [0.5, 0.6) is 17.2 Å². The fraction of sp³-hybridized carbons (Fsp3) is 0.130. The molecule has 4 aromatic rings. The van der Waals surface area contributed by atoms with Gasteiger partial charge in [0.15, 0.2) is 17.3 Å². The summed E-state index contributed by atoms with van der Waals surface area (Å²) >= 11 is 1.61. The van der Waals surface area contributed by atoms with Crippen LogP contribution in [-0.2, 0) is 0 Å². The quantitative estimate of drug-likeness (QED) is 0.312. The molecular formula is C23H20N2O4S. The number of allylic oxidation sites excluding steroid dienone is 1. The number of thiophene rings is 1. The minimum Gasteiger partial charge on any atom is -0.493 e. The Morgan fingerprint density at radius 1 is 1.03 bits per heavy atom. The highest BCUT2D eigenvalue weighted by atomic mass is 32.1. The van der Waals surface area contributed by atoms with Gasteiger partial charge in [0.25, 0.3) is 0 Å². The van der Waals surface area contributed by atoms with Gasteiger partial charge in [-0.05, 0) is 47.9 Å². The van der Waals surface area contributed by atoms with Crippen molar-refractivity contribution in [2.24, 2.45) is 0 Å². The van der Waals surface area contributed by atoms with Crippen molar-refractivity contribution < 1.29 is 19.0 Å². The summed E-state index contributed by atoms with van der Waals surface area (Å²) in [5.74, 6) is 1.13. The van der Waals surface area contributed by atoms with E-state index in [4.69, 9.17) is 19.2 Å². The molecule has 0 aliphatic carbocycles. The Labute approximate surface area is 178 Å². The third kappa shape index (κ3) is 3.55. The Kier molecular flexibility index (Phi) is 5.54. The molecule has 0 amide bonds. The van der Waals surface area contributed by atoms with Crippen LogP contribution in [-0.4, -0.2) is 36.5 Å². The number of pyridine rings is 1. The summed E-state index contributed by atoms with van der Waals surface area (Å²) in [6.45, 7) is 0. The van der Waals surface area contributed by atoms with Gasteiger partial charge in [0, 0.05) is 11.8 Å². The number of aromatic nitrogens is 2. The fourth-order valence-electron chi connectivity index (χ4n) is 3.24. The summed E-state index contributed by atoms with van der Waals surface area (Å²) in [7, 11) is 4.57. The summed E-state index contributed by atoms with van der Waals surface area (Å²) in [6, 6.07) is 13.1. The largest absolute Gasteiger partial charge is 0.493 e. The van der Waals surface area contributed by atoms with E-state index in [-0.39, 0.29) is 5.78 Å². The van der Waals surface area contributed by atoms with Crippen molar-refractivity contribution in [2.75, 3.05) is 21.3 Å². The Hall–Kier alpha value is -3.58. The maximum atomic E-state index is 12.9. The Morgan fingerprint density at radius 3 is 2.43 bits per heavy atom. The average molecular weight is 420 g/mol. The lowest BCUT2D eigenvalue weighted by atomic mass is 10.1. The molecule has 0 aliphatic heterocycles. The van der Waals surface area contributed by atoms with Crippen LogP contribution < -0.4 is 14.2 Å². The first kappa shape index (κ1) is 19.7. The number of nitrogens with zero attached hydrogens (tertiary/aromatic N) is 2. The second-order valence-corrected chi connectivity index (χ2v) is 7.31. The number of carbonyl (C=O) groups is 1. The zero-order valence-corrected chi connectivity index (χ0v) is 17.6. The van der Waals surface area contributed by atoms with Gasteiger partial charge in [-0.25, -0.2) is 4.98 Å². The van der Waals surface area contributed by atoms with E-state index in [1.54, 1.807) is 29.5 Å². The molecule has 0 fully saturated rings. The summed E-state index contributed by atoms with van der Waals surface area (Å²) in [6.07, 6.45) is 5.26. The molecule has 0 saturated carbocycles. The van der Waals surface area contributed by atoms with E-state index in [9.17, 15) is 4.79 Å². The van der Waals surface area contributed by atoms with E-state index in [2.05, 4.69) is 0 Å². The number of hydrogen-bond acceptors (Lipinski definition) is 6.